The molecule has 0 unspecified atom stereocenters. The number of piperidine rings is 1. The van der Waals surface area contributed by atoms with Crippen LogP contribution in [0.1, 0.15) is 49.9 Å². The molecule has 2 atom stereocenters. The lowest BCUT2D eigenvalue weighted by molar-refractivity contribution is -0.00363. The highest BCUT2D eigenvalue weighted by atomic mass is 15.2. The third-order valence-electron chi connectivity index (χ3n) is 6.49. The average molecular weight is 293 g/mol. The minimum Gasteiger partial charge on any atom is -0.300 e. The quantitative estimate of drug-likeness (QED) is 0.848. The van der Waals surface area contributed by atoms with E-state index in [0.29, 0.717) is 11.5 Å². The molecule has 3 aliphatic rings. The fraction of sp³-hybridized carbons (Fsp3) is 0.526. The van der Waals surface area contributed by atoms with Crippen LogP contribution in [0.5, 0.6) is 0 Å². The number of nitrogens with one attached hydrogen (secondary N) is 1. The van der Waals surface area contributed by atoms with Crippen LogP contribution in [0.3, 0.4) is 0 Å². The topological polar surface area (TPSA) is 32.0 Å². The van der Waals surface area contributed by atoms with Gasteiger partial charge < -0.3 is 4.57 Å². The highest BCUT2D eigenvalue weighted by Crippen LogP contribution is 2.56. The summed E-state index contributed by atoms with van der Waals surface area (Å²) in [6.07, 6.45) is 5.86. The number of benzene rings is 1. The van der Waals surface area contributed by atoms with Crippen LogP contribution in [0, 0.1) is 10.8 Å². The summed E-state index contributed by atoms with van der Waals surface area (Å²) in [5.41, 5.74) is 4.55. The number of hydrogen-bond acceptors (Lipinski definition) is 2. The van der Waals surface area contributed by atoms with E-state index in [0.717, 1.165) is 18.7 Å². The molecule has 22 heavy (non-hydrogen) atoms. The van der Waals surface area contributed by atoms with E-state index in [2.05, 4.69) is 40.7 Å². The number of aromatic nitrogens is 1. The summed E-state index contributed by atoms with van der Waals surface area (Å²) in [6, 6.07) is 9.26. The van der Waals surface area contributed by atoms with Gasteiger partial charge in [-0.3, -0.25) is 10.3 Å². The van der Waals surface area contributed by atoms with Gasteiger partial charge in [-0.2, -0.15) is 0 Å². The molecule has 1 N–H and O–H groups in total. The Hall–Kier alpha value is -1.61. The summed E-state index contributed by atoms with van der Waals surface area (Å²) >= 11 is 0. The van der Waals surface area contributed by atoms with Gasteiger partial charge in [-0.1, -0.05) is 25.1 Å². The summed E-state index contributed by atoms with van der Waals surface area (Å²) in [7, 11) is 0. The Kier molecular flexibility index (Phi) is 2.48. The van der Waals surface area contributed by atoms with Crippen molar-refractivity contribution in [3.8, 4) is 0 Å². The first kappa shape index (κ1) is 12.9. The zero-order valence-electron chi connectivity index (χ0n) is 13.2. The van der Waals surface area contributed by atoms with Crippen LogP contribution in [-0.2, 0) is 6.42 Å². The molecule has 4 heterocycles. The lowest BCUT2D eigenvalue weighted by Crippen LogP contribution is -2.53. The maximum atomic E-state index is 8.75. The smallest absolute Gasteiger partial charge is 0.105 e. The molecule has 0 saturated carbocycles. The largest absolute Gasteiger partial charge is 0.300 e. The van der Waals surface area contributed by atoms with Crippen molar-refractivity contribution in [2.45, 2.75) is 45.1 Å². The van der Waals surface area contributed by atoms with Crippen LogP contribution in [0.2, 0.25) is 0 Å². The van der Waals surface area contributed by atoms with E-state index >= 15 is 0 Å². The zero-order chi connectivity index (χ0) is 14.9. The van der Waals surface area contributed by atoms with Crippen molar-refractivity contribution < 1.29 is 0 Å². The van der Waals surface area contributed by atoms with Crippen LogP contribution < -0.4 is 0 Å². The Bertz CT molecular complexity index is 787. The predicted octanol–water partition coefficient (Wildman–Crippen LogP) is 3.96. The fourth-order valence-electron chi connectivity index (χ4n) is 5.51. The lowest BCUT2D eigenvalue weighted by Gasteiger charge is -2.55. The molecule has 2 aromatic rings. The Morgan fingerprint density at radius 1 is 1.27 bits per heavy atom. The third kappa shape index (κ3) is 1.38. The van der Waals surface area contributed by atoms with E-state index in [1.54, 1.807) is 0 Å². The van der Waals surface area contributed by atoms with Crippen molar-refractivity contribution in [1.82, 2.24) is 9.47 Å². The van der Waals surface area contributed by atoms with Gasteiger partial charge in [0.2, 0.25) is 0 Å². The molecule has 1 aromatic heterocycles. The maximum absolute atomic E-state index is 8.75. The van der Waals surface area contributed by atoms with Gasteiger partial charge in [0.05, 0.1) is 11.6 Å². The lowest BCUT2D eigenvalue weighted by atomic mass is 9.64. The molecule has 1 fully saturated rings. The molecule has 1 aromatic carbocycles. The van der Waals surface area contributed by atoms with Crippen LogP contribution in [-0.4, -0.2) is 28.4 Å². The normalized spacial score (nSPS) is 30.6. The standard InChI is InChI=1S/C19H23N3/c1-2-19-9-5-10-21-11-8-14-13-6-3-4-7-15(13)22(16(20)12-19)17(14)18(19)21/h3-4,6-7,18,20H,2,5,8-12H2,1H3/t18-,19+/m1/s1. The number of rotatable bonds is 1. The van der Waals surface area contributed by atoms with E-state index in [4.69, 9.17) is 5.41 Å². The summed E-state index contributed by atoms with van der Waals surface area (Å²) in [5.74, 6) is 0.819. The molecule has 0 radical (unpaired) electrons. The molecule has 0 spiro atoms. The Morgan fingerprint density at radius 2 is 2.14 bits per heavy atom. The van der Waals surface area contributed by atoms with E-state index in [1.165, 1.54) is 54.5 Å². The molecule has 0 amide bonds. The number of nitrogens with zero attached hydrogens (tertiary/aromatic N) is 2. The predicted molar refractivity (Wildman–Crippen MR) is 89.7 cm³/mol. The fourth-order valence-corrected chi connectivity index (χ4v) is 5.51. The van der Waals surface area contributed by atoms with Crippen molar-refractivity contribution in [2.24, 2.45) is 5.41 Å². The second-order valence-corrected chi connectivity index (χ2v) is 7.35. The van der Waals surface area contributed by atoms with Gasteiger partial charge in [0, 0.05) is 24.0 Å². The van der Waals surface area contributed by atoms with E-state index in [-0.39, 0.29) is 0 Å². The number of fused-ring (bicyclic) bond motifs is 3. The molecule has 1 saturated heterocycles. The number of para-hydroxylation sites is 1. The first-order valence-electron chi connectivity index (χ1n) is 8.69. The molecule has 3 nitrogen and oxygen atoms in total. The summed E-state index contributed by atoms with van der Waals surface area (Å²) in [5, 5.41) is 10.1. The first-order chi connectivity index (χ1) is 10.7. The second kappa shape index (κ2) is 4.23. The Morgan fingerprint density at radius 3 is 3.00 bits per heavy atom. The van der Waals surface area contributed by atoms with Crippen molar-refractivity contribution >= 4 is 16.7 Å². The Balaban J connectivity index is 1.88. The Labute approximate surface area is 131 Å². The van der Waals surface area contributed by atoms with Crippen molar-refractivity contribution in [1.29, 1.82) is 5.41 Å². The van der Waals surface area contributed by atoms with E-state index < -0.39 is 0 Å². The summed E-state index contributed by atoms with van der Waals surface area (Å²) in [4.78, 5) is 2.72. The van der Waals surface area contributed by atoms with Crippen LogP contribution >= 0.6 is 0 Å². The monoisotopic (exact) mass is 293 g/mol. The molecule has 114 valence electrons. The molecule has 3 aliphatic heterocycles. The second-order valence-electron chi connectivity index (χ2n) is 7.35. The molecular weight excluding hydrogens is 270 g/mol. The zero-order valence-corrected chi connectivity index (χ0v) is 13.2. The van der Waals surface area contributed by atoms with E-state index in [1.807, 2.05) is 0 Å². The maximum Gasteiger partial charge on any atom is 0.105 e. The summed E-state index contributed by atoms with van der Waals surface area (Å²) in [6.45, 7) is 4.77. The van der Waals surface area contributed by atoms with Crippen molar-refractivity contribution in [3.63, 3.8) is 0 Å². The van der Waals surface area contributed by atoms with Gasteiger partial charge in [-0.15, -0.1) is 0 Å². The van der Waals surface area contributed by atoms with Gasteiger partial charge in [0.15, 0.2) is 0 Å². The van der Waals surface area contributed by atoms with Gasteiger partial charge in [0.1, 0.15) is 5.84 Å². The van der Waals surface area contributed by atoms with Crippen LogP contribution in [0.4, 0.5) is 0 Å². The molecular formula is C19H23N3. The molecule has 5 rings (SSSR count). The van der Waals surface area contributed by atoms with Gasteiger partial charge in [0.25, 0.3) is 0 Å². The average Bonchev–Trinajstić information content (AvgIpc) is 2.89. The van der Waals surface area contributed by atoms with E-state index in [9.17, 15) is 0 Å². The molecule has 0 aliphatic carbocycles. The number of hydrogen-bond donors (Lipinski definition) is 1. The van der Waals surface area contributed by atoms with Crippen molar-refractivity contribution in [2.75, 3.05) is 13.1 Å². The van der Waals surface area contributed by atoms with Gasteiger partial charge in [-0.05, 0) is 49.3 Å². The highest BCUT2D eigenvalue weighted by Gasteiger charge is 2.51. The van der Waals surface area contributed by atoms with Crippen molar-refractivity contribution in [3.05, 3.63) is 35.5 Å². The van der Waals surface area contributed by atoms with Gasteiger partial charge >= 0.3 is 0 Å². The molecule has 0 bridgehead atoms. The van der Waals surface area contributed by atoms with Crippen LogP contribution in [0.15, 0.2) is 24.3 Å². The minimum atomic E-state index is 0.300. The highest BCUT2D eigenvalue weighted by molar-refractivity contribution is 5.98. The molecule has 3 heteroatoms. The minimum absolute atomic E-state index is 0.300. The van der Waals surface area contributed by atoms with Gasteiger partial charge in [-0.25, -0.2) is 0 Å². The summed E-state index contributed by atoms with van der Waals surface area (Å²) < 4.78 is 2.29. The third-order valence-corrected chi connectivity index (χ3v) is 6.49. The SMILES string of the molecule is CC[C@]12CCCN3CCc4c(n(c5ccccc45)C(=N)C1)[C@@H]32. The van der Waals surface area contributed by atoms with Crippen LogP contribution in [0.25, 0.3) is 10.9 Å². The first-order valence-corrected chi connectivity index (χ1v) is 8.69.